The van der Waals surface area contributed by atoms with Gasteiger partial charge >= 0.3 is 0 Å². The molecule has 1 heterocycles. The van der Waals surface area contributed by atoms with Crippen molar-refractivity contribution in [1.29, 1.82) is 0 Å². The Balaban J connectivity index is 0.00000162. The maximum absolute atomic E-state index is 12.7. The van der Waals surface area contributed by atoms with E-state index in [2.05, 4.69) is 17.3 Å². The van der Waals surface area contributed by atoms with Gasteiger partial charge in [0.05, 0.1) is 11.9 Å². The number of aryl methyl sites for hydroxylation is 1. The molecule has 0 bridgehead atoms. The lowest BCUT2D eigenvalue weighted by molar-refractivity contribution is 0.603. The van der Waals surface area contributed by atoms with Crippen LogP contribution in [0.3, 0.4) is 0 Å². The molecule has 0 aliphatic carbocycles. The fourth-order valence-corrected chi connectivity index (χ4v) is 1.61. The normalized spacial score (nSPS) is 9.89. The summed E-state index contributed by atoms with van der Waals surface area (Å²) in [6.07, 6.45) is 4.85. The van der Waals surface area contributed by atoms with Crippen molar-refractivity contribution in [3.05, 3.63) is 48.0 Å². The van der Waals surface area contributed by atoms with E-state index in [-0.39, 0.29) is 18.2 Å². The summed E-state index contributed by atoms with van der Waals surface area (Å²) >= 11 is 0. The van der Waals surface area contributed by atoms with Gasteiger partial charge in [-0.3, -0.25) is 4.68 Å². The Morgan fingerprint density at radius 2 is 2.00 bits per heavy atom. The van der Waals surface area contributed by atoms with E-state index >= 15 is 0 Å². The van der Waals surface area contributed by atoms with Crippen LogP contribution >= 0.6 is 12.4 Å². The molecule has 18 heavy (non-hydrogen) atoms. The maximum atomic E-state index is 12.7. The lowest BCUT2D eigenvalue weighted by Gasteiger charge is -2.03. The SMILES string of the molecule is CCCn1cc(NCc2ccc(F)cc2)cn1.Cl. The highest BCUT2D eigenvalue weighted by molar-refractivity contribution is 5.85. The molecule has 2 aromatic rings. The highest BCUT2D eigenvalue weighted by Gasteiger charge is 1.98. The molecule has 1 aromatic heterocycles. The molecule has 0 radical (unpaired) electrons. The summed E-state index contributed by atoms with van der Waals surface area (Å²) in [6, 6.07) is 6.49. The predicted molar refractivity (Wildman–Crippen MR) is 73.5 cm³/mol. The molecule has 0 unspecified atom stereocenters. The minimum absolute atomic E-state index is 0. The third-order valence-corrected chi connectivity index (χ3v) is 2.50. The number of hydrogen-bond acceptors (Lipinski definition) is 2. The van der Waals surface area contributed by atoms with Gasteiger partial charge in [0.25, 0.3) is 0 Å². The van der Waals surface area contributed by atoms with Gasteiger partial charge in [0.1, 0.15) is 5.82 Å². The summed E-state index contributed by atoms with van der Waals surface area (Å²) in [4.78, 5) is 0. The number of nitrogens with zero attached hydrogens (tertiary/aromatic N) is 2. The first-order chi connectivity index (χ1) is 8.28. The van der Waals surface area contributed by atoms with Crippen molar-refractivity contribution in [3.8, 4) is 0 Å². The van der Waals surface area contributed by atoms with Crippen LogP contribution in [0.15, 0.2) is 36.7 Å². The van der Waals surface area contributed by atoms with Gasteiger partial charge in [-0.05, 0) is 24.1 Å². The summed E-state index contributed by atoms with van der Waals surface area (Å²) < 4.78 is 14.6. The highest BCUT2D eigenvalue weighted by Crippen LogP contribution is 2.09. The molecule has 5 heteroatoms. The van der Waals surface area contributed by atoms with Crippen molar-refractivity contribution in [3.63, 3.8) is 0 Å². The lowest BCUT2D eigenvalue weighted by atomic mass is 10.2. The van der Waals surface area contributed by atoms with Gasteiger partial charge in [0, 0.05) is 19.3 Å². The topological polar surface area (TPSA) is 29.9 Å². The zero-order valence-corrected chi connectivity index (χ0v) is 11.1. The minimum atomic E-state index is -0.204. The quantitative estimate of drug-likeness (QED) is 0.901. The third kappa shape index (κ3) is 4.04. The zero-order chi connectivity index (χ0) is 12.1. The predicted octanol–water partition coefficient (Wildman–Crippen LogP) is 3.47. The standard InChI is InChI=1S/C13H16FN3.ClH/c1-2-7-17-10-13(9-16-17)15-8-11-3-5-12(14)6-4-11;/h3-6,9-10,15H,2,7-8H2,1H3;1H. The Kier molecular flexibility index (Phi) is 5.65. The molecular weight excluding hydrogens is 253 g/mol. The Morgan fingerprint density at radius 3 is 2.67 bits per heavy atom. The highest BCUT2D eigenvalue weighted by atomic mass is 35.5. The molecule has 0 fully saturated rings. The van der Waals surface area contributed by atoms with Crippen molar-refractivity contribution in [2.75, 3.05) is 5.32 Å². The van der Waals surface area contributed by atoms with Gasteiger partial charge in [-0.15, -0.1) is 12.4 Å². The maximum Gasteiger partial charge on any atom is 0.123 e. The second-order valence-electron chi connectivity index (χ2n) is 3.97. The molecule has 2 rings (SSSR count). The number of halogens is 2. The van der Waals surface area contributed by atoms with Crippen LogP contribution in [0.1, 0.15) is 18.9 Å². The van der Waals surface area contributed by atoms with E-state index in [0.29, 0.717) is 6.54 Å². The van der Waals surface area contributed by atoms with E-state index in [1.165, 1.54) is 12.1 Å². The first kappa shape index (κ1) is 14.5. The Hall–Kier alpha value is -1.55. The van der Waals surface area contributed by atoms with Crippen LogP contribution in [0.5, 0.6) is 0 Å². The number of nitrogens with one attached hydrogen (secondary N) is 1. The van der Waals surface area contributed by atoms with Crippen molar-refractivity contribution < 1.29 is 4.39 Å². The Morgan fingerprint density at radius 1 is 1.28 bits per heavy atom. The number of anilines is 1. The Bertz CT molecular complexity index is 467. The minimum Gasteiger partial charge on any atom is -0.378 e. The van der Waals surface area contributed by atoms with Crippen LogP contribution in [0.25, 0.3) is 0 Å². The Labute approximate surface area is 112 Å². The van der Waals surface area contributed by atoms with Crippen LogP contribution in [-0.4, -0.2) is 9.78 Å². The summed E-state index contributed by atoms with van der Waals surface area (Å²) in [5.74, 6) is -0.204. The molecular formula is C13H17ClFN3. The van der Waals surface area contributed by atoms with E-state index in [0.717, 1.165) is 24.2 Å². The second kappa shape index (κ2) is 7.01. The van der Waals surface area contributed by atoms with Gasteiger partial charge in [0.15, 0.2) is 0 Å². The van der Waals surface area contributed by atoms with Crippen molar-refractivity contribution >= 4 is 18.1 Å². The van der Waals surface area contributed by atoms with E-state index < -0.39 is 0 Å². The van der Waals surface area contributed by atoms with Crippen LogP contribution in [0, 0.1) is 5.82 Å². The summed E-state index contributed by atoms with van der Waals surface area (Å²) in [6.45, 7) is 3.73. The van der Waals surface area contributed by atoms with Gasteiger partial charge in [-0.25, -0.2) is 4.39 Å². The molecule has 0 amide bonds. The number of benzene rings is 1. The van der Waals surface area contributed by atoms with Crippen molar-refractivity contribution in [2.24, 2.45) is 0 Å². The van der Waals surface area contributed by atoms with Crippen LogP contribution in [0.2, 0.25) is 0 Å². The average molecular weight is 270 g/mol. The van der Waals surface area contributed by atoms with E-state index in [9.17, 15) is 4.39 Å². The largest absolute Gasteiger partial charge is 0.378 e. The first-order valence-electron chi connectivity index (χ1n) is 5.78. The average Bonchev–Trinajstić information content (AvgIpc) is 2.77. The summed E-state index contributed by atoms with van der Waals surface area (Å²) in [5.41, 5.74) is 2.04. The molecule has 0 spiro atoms. The van der Waals surface area contributed by atoms with Gasteiger partial charge in [-0.1, -0.05) is 19.1 Å². The molecule has 0 saturated heterocycles. The molecule has 0 atom stereocenters. The number of rotatable bonds is 5. The molecule has 0 aliphatic heterocycles. The number of hydrogen-bond donors (Lipinski definition) is 1. The lowest BCUT2D eigenvalue weighted by Crippen LogP contribution is -1.99. The van der Waals surface area contributed by atoms with Gasteiger partial charge in [0.2, 0.25) is 0 Å². The molecule has 1 N–H and O–H groups in total. The van der Waals surface area contributed by atoms with Crippen molar-refractivity contribution in [2.45, 2.75) is 26.4 Å². The molecule has 98 valence electrons. The van der Waals surface area contributed by atoms with E-state index in [1.54, 1.807) is 18.3 Å². The van der Waals surface area contributed by atoms with Crippen molar-refractivity contribution in [1.82, 2.24) is 9.78 Å². The fraction of sp³-hybridized carbons (Fsp3) is 0.308. The molecule has 0 saturated carbocycles. The summed E-state index contributed by atoms with van der Waals surface area (Å²) in [5, 5.41) is 7.48. The van der Waals surface area contributed by atoms with Crippen LogP contribution in [-0.2, 0) is 13.1 Å². The van der Waals surface area contributed by atoms with E-state index in [4.69, 9.17) is 0 Å². The first-order valence-corrected chi connectivity index (χ1v) is 5.78. The van der Waals surface area contributed by atoms with E-state index in [1.807, 2.05) is 10.9 Å². The molecule has 0 aliphatic rings. The summed E-state index contributed by atoms with van der Waals surface area (Å²) in [7, 11) is 0. The van der Waals surface area contributed by atoms with Gasteiger partial charge < -0.3 is 5.32 Å². The van der Waals surface area contributed by atoms with Gasteiger partial charge in [-0.2, -0.15) is 5.10 Å². The zero-order valence-electron chi connectivity index (χ0n) is 10.3. The molecule has 1 aromatic carbocycles. The second-order valence-corrected chi connectivity index (χ2v) is 3.97. The fourth-order valence-electron chi connectivity index (χ4n) is 1.61. The third-order valence-electron chi connectivity index (χ3n) is 2.50. The smallest absolute Gasteiger partial charge is 0.123 e. The molecule has 3 nitrogen and oxygen atoms in total. The monoisotopic (exact) mass is 269 g/mol. The van der Waals surface area contributed by atoms with Crippen LogP contribution < -0.4 is 5.32 Å². The van der Waals surface area contributed by atoms with Crippen LogP contribution in [0.4, 0.5) is 10.1 Å². The number of aromatic nitrogens is 2.